The number of piperidine rings is 2. The lowest BCUT2D eigenvalue weighted by atomic mass is 10.0. The highest BCUT2D eigenvalue weighted by Crippen LogP contribution is 2.32. The second-order valence-electron chi connectivity index (χ2n) is 13.9. The van der Waals surface area contributed by atoms with Gasteiger partial charge in [-0.1, -0.05) is 58.5 Å². The molecule has 2 amide bonds. The van der Waals surface area contributed by atoms with Crippen LogP contribution in [-0.4, -0.2) is 67.2 Å². The Morgan fingerprint density at radius 3 is 1.58 bits per heavy atom. The molecule has 2 N–H and O–H groups in total. The predicted octanol–water partition coefficient (Wildman–Crippen LogP) is 10.0. The third-order valence-corrected chi connectivity index (χ3v) is 12.0. The van der Waals surface area contributed by atoms with E-state index in [9.17, 15) is 14.0 Å². The molecule has 9 nitrogen and oxygen atoms in total. The van der Waals surface area contributed by atoms with Crippen molar-refractivity contribution in [2.75, 3.05) is 43.1 Å². The lowest BCUT2D eigenvalue weighted by Gasteiger charge is -2.34. The van der Waals surface area contributed by atoms with E-state index in [2.05, 4.69) is 30.4 Å². The van der Waals surface area contributed by atoms with E-state index >= 15 is 0 Å². The summed E-state index contributed by atoms with van der Waals surface area (Å²) in [4.78, 5) is 38.4. The molecule has 57 heavy (non-hydrogen) atoms. The van der Waals surface area contributed by atoms with E-state index in [0.29, 0.717) is 31.7 Å². The Kier molecular flexibility index (Phi) is 12.8. The van der Waals surface area contributed by atoms with E-state index in [4.69, 9.17) is 51.1 Å². The Bertz CT molecular complexity index is 2420. The van der Waals surface area contributed by atoms with Gasteiger partial charge in [0, 0.05) is 84.9 Å². The number of halogens is 5. The highest BCUT2D eigenvalue weighted by molar-refractivity contribution is 6.44. The molecule has 0 radical (unpaired) electrons. The number of fused-ring (bicyclic) bond motifs is 2. The molecular weight excluding hydrogens is 809 g/mol. The topological polar surface area (TPSA) is 99.7 Å². The minimum atomic E-state index is -0.293. The summed E-state index contributed by atoms with van der Waals surface area (Å²) in [6.45, 7) is 3.26. The summed E-state index contributed by atoms with van der Waals surface area (Å²) < 4.78 is 18.8. The monoisotopic (exact) mass is 846 g/mol. The van der Waals surface area contributed by atoms with Crippen LogP contribution in [0.3, 0.4) is 0 Å². The Morgan fingerprint density at radius 2 is 1.11 bits per heavy atom. The molecule has 4 heterocycles. The Balaban J connectivity index is 0.000000174. The summed E-state index contributed by atoms with van der Waals surface area (Å²) in [5.74, 6) is 0.106. The first-order valence-electron chi connectivity index (χ1n) is 18.6. The first kappa shape index (κ1) is 40.3. The SMILES string of the molecule is COc1ccc2c(N3CCC(NC(=O)c4cccc(Cl)c4Cl)CC3)ccnc2c1.O=C(NC1CCN(c2ccnc3cc(F)ccc23)CC1)c1cccc(Cl)c1Cl. The number of nitrogens with zero attached hydrogens (tertiary/aromatic N) is 4. The number of methoxy groups -OCH3 is 1. The number of carbonyl (C=O) groups is 2. The third-order valence-electron chi connectivity index (χ3n) is 10.3. The van der Waals surface area contributed by atoms with E-state index in [1.807, 2.05) is 36.5 Å². The summed E-state index contributed by atoms with van der Waals surface area (Å²) in [5, 5.41) is 9.48. The summed E-state index contributed by atoms with van der Waals surface area (Å²) in [6, 6.07) is 24.9. The van der Waals surface area contributed by atoms with Crippen LogP contribution < -0.4 is 25.2 Å². The lowest BCUT2D eigenvalue weighted by molar-refractivity contribution is 0.0922. The van der Waals surface area contributed by atoms with Crippen molar-refractivity contribution in [3.63, 3.8) is 0 Å². The Hall–Kier alpha value is -4.87. The van der Waals surface area contributed by atoms with Crippen molar-refractivity contribution in [1.82, 2.24) is 20.6 Å². The third kappa shape index (κ3) is 9.31. The van der Waals surface area contributed by atoms with Gasteiger partial charge in [-0.25, -0.2) is 4.39 Å². The molecule has 0 atom stereocenters. The van der Waals surface area contributed by atoms with Gasteiger partial charge in [0.2, 0.25) is 0 Å². The molecule has 2 aromatic heterocycles. The molecule has 2 saturated heterocycles. The van der Waals surface area contributed by atoms with E-state index in [1.54, 1.807) is 55.8 Å². The molecule has 14 heteroatoms. The van der Waals surface area contributed by atoms with Gasteiger partial charge in [-0.3, -0.25) is 19.6 Å². The highest BCUT2D eigenvalue weighted by Gasteiger charge is 2.25. The van der Waals surface area contributed by atoms with Crippen LogP contribution in [0.2, 0.25) is 20.1 Å². The number of carbonyl (C=O) groups excluding carboxylic acids is 2. The second-order valence-corrected chi connectivity index (χ2v) is 15.4. The maximum atomic E-state index is 13.5. The maximum Gasteiger partial charge on any atom is 0.253 e. The van der Waals surface area contributed by atoms with Crippen molar-refractivity contribution in [2.24, 2.45) is 0 Å². The van der Waals surface area contributed by atoms with Crippen LogP contribution in [-0.2, 0) is 0 Å². The fraction of sp³-hybridized carbons (Fsp3) is 0.256. The minimum absolute atomic E-state index is 0.0596. The number of ether oxygens (including phenoxy) is 1. The number of aromatic nitrogens is 2. The van der Waals surface area contributed by atoms with E-state index in [1.165, 1.54) is 12.1 Å². The van der Waals surface area contributed by atoms with Crippen LogP contribution >= 0.6 is 46.4 Å². The van der Waals surface area contributed by atoms with Crippen molar-refractivity contribution < 1.29 is 18.7 Å². The number of hydrogen-bond donors (Lipinski definition) is 2. The zero-order chi connectivity index (χ0) is 40.1. The molecule has 294 valence electrons. The van der Waals surface area contributed by atoms with Gasteiger partial charge in [-0.15, -0.1) is 0 Å². The largest absolute Gasteiger partial charge is 0.497 e. The number of rotatable bonds is 7. The molecule has 0 spiro atoms. The number of benzene rings is 4. The summed E-state index contributed by atoms with van der Waals surface area (Å²) in [7, 11) is 1.65. The minimum Gasteiger partial charge on any atom is -0.497 e. The van der Waals surface area contributed by atoms with Crippen LogP contribution in [0.1, 0.15) is 46.4 Å². The fourth-order valence-corrected chi connectivity index (χ4v) is 8.08. The molecule has 2 aliphatic rings. The molecule has 6 aromatic rings. The van der Waals surface area contributed by atoms with Gasteiger partial charge in [0.25, 0.3) is 11.8 Å². The van der Waals surface area contributed by atoms with Gasteiger partial charge < -0.3 is 25.2 Å². The molecule has 0 bridgehead atoms. The smallest absolute Gasteiger partial charge is 0.253 e. The fourth-order valence-electron chi connectivity index (χ4n) is 7.31. The normalized spacial score (nSPS) is 14.9. The number of nitrogens with one attached hydrogen (secondary N) is 2. The maximum absolute atomic E-state index is 13.5. The van der Waals surface area contributed by atoms with E-state index < -0.39 is 0 Å². The zero-order valence-electron chi connectivity index (χ0n) is 31.0. The zero-order valence-corrected chi connectivity index (χ0v) is 34.0. The standard InChI is InChI=1S/C22H21Cl2N3O2.C21H18Cl2FN3O/c1-29-15-5-6-16-19(13-15)25-10-7-20(16)27-11-8-14(9-12-27)26-22(28)17-3-2-4-18(23)21(17)24;22-17-3-1-2-16(20(17)23)21(28)26-14-7-10-27(11-8-14)19-6-9-25-18-12-13(24)4-5-15(18)19/h2-7,10,13-14H,8-9,11-12H2,1H3,(H,26,28);1-6,9,12,14H,7-8,10-11H2,(H,26,28). The molecular formula is C43H39Cl4FN6O3. The van der Waals surface area contributed by atoms with Crippen molar-refractivity contribution in [1.29, 1.82) is 0 Å². The molecule has 2 fully saturated rings. The van der Waals surface area contributed by atoms with Crippen LogP contribution in [0.4, 0.5) is 15.8 Å². The van der Waals surface area contributed by atoms with E-state index in [-0.39, 0.29) is 34.7 Å². The first-order valence-corrected chi connectivity index (χ1v) is 20.1. The number of anilines is 2. The summed E-state index contributed by atoms with van der Waals surface area (Å²) in [5.41, 5.74) is 4.54. The highest BCUT2D eigenvalue weighted by atomic mass is 35.5. The van der Waals surface area contributed by atoms with Gasteiger partial charge in [-0.05, 0) is 86.3 Å². The van der Waals surface area contributed by atoms with Crippen molar-refractivity contribution in [2.45, 2.75) is 37.8 Å². The van der Waals surface area contributed by atoms with Crippen molar-refractivity contribution in [3.8, 4) is 5.75 Å². The number of amides is 2. The van der Waals surface area contributed by atoms with Crippen LogP contribution in [0.5, 0.6) is 5.75 Å². The summed E-state index contributed by atoms with van der Waals surface area (Å²) in [6.07, 6.45) is 6.83. The van der Waals surface area contributed by atoms with Gasteiger partial charge >= 0.3 is 0 Å². The molecule has 2 aliphatic heterocycles. The van der Waals surface area contributed by atoms with Gasteiger partial charge in [0.15, 0.2) is 0 Å². The molecule has 0 aliphatic carbocycles. The average molecular weight is 849 g/mol. The van der Waals surface area contributed by atoms with E-state index in [0.717, 1.165) is 85.3 Å². The first-order chi connectivity index (χ1) is 27.6. The number of pyridine rings is 2. The van der Waals surface area contributed by atoms with Crippen molar-refractivity contribution in [3.05, 3.63) is 134 Å². The lowest BCUT2D eigenvalue weighted by Crippen LogP contribution is -2.44. The van der Waals surface area contributed by atoms with Crippen LogP contribution in [0, 0.1) is 5.82 Å². The van der Waals surface area contributed by atoms with Gasteiger partial charge in [0.1, 0.15) is 11.6 Å². The van der Waals surface area contributed by atoms with Crippen LogP contribution in [0.15, 0.2) is 97.3 Å². The van der Waals surface area contributed by atoms with Crippen molar-refractivity contribution >= 4 is 91.4 Å². The summed E-state index contributed by atoms with van der Waals surface area (Å²) >= 11 is 24.3. The predicted molar refractivity (Wildman–Crippen MR) is 228 cm³/mol. The van der Waals surface area contributed by atoms with Gasteiger partial charge in [-0.2, -0.15) is 0 Å². The van der Waals surface area contributed by atoms with Gasteiger partial charge in [0.05, 0.1) is 49.4 Å². The molecule has 4 aromatic carbocycles. The molecule has 0 saturated carbocycles. The second kappa shape index (κ2) is 18.2. The Labute approximate surface area is 350 Å². The Morgan fingerprint density at radius 1 is 0.649 bits per heavy atom. The quantitative estimate of drug-likeness (QED) is 0.165. The average Bonchev–Trinajstić information content (AvgIpc) is 3.23. The molecule has 8 rings (SSSR count). The molecule has 0 unspecified atom stereocenters. The van der Waals surface area contributed by atoms with Crippen LogP contribution in [0.25, 0.3) is 21.8 Å². The number of hydrogen-bond acceptors (Lipinski definition) is 7.